The van der Waals surface area contributed by atoms with E-state index in [4.69, 9.17) is 8.83 Å². The van der Waals surface area contributed by atoms with Crippen molar-refractivity contribution in [2.75, 3.05) is 36.0 Å². The van der Waals surface area contributed by atoms with E-state index in [0.29, 0.717) is 22.3 Å². The average molecular weight is 737 g/mol. The van der Waals surface area contributed by atoms with Crippen LogP contribution in [0.2, 0.25) is 0 Å². The lowest BCUT2D eigenvalue weighted by molar-refractivity contribution is 0.563. The molecule has 0 aliphatic carbocycles. The fourth-order valence-electron chi connectivity index (χ4n) is 7.62. The third kappa shape index (κ3) is 7.14. The van der Waals surface area contributed by atoms with Gasteiger partial charge in [0.25, 0.3) is 0 Å². The van der Waals surface area contributed by atoms with Crippen molar-refractivity contribution in [2.24, 2.45) is 0 Å². The van der Waals surface area contributed by atoms with Crippen LogP contribution < -0.4 is 21.1 Å². The van der Waals surface area contributed by atoms with Gasteiger partial charge in [0.05, 0.1) is 11.1 Å². The second-order valence-corrected chi connectivity index (χ2v) is 14.0. The Balaban J connectivity index is 1.00. The van der Waals surface area contributed by atoms with E-state index in [1.807, 2.05) is 72.8 Å². The summed E-state index contributed by atoms with van der Waals surface area (Å²) in [5.74, 6) is 0. The highest BCUT2D eigenvalue weighted by Gasteiger charge is 2.14. The smallest absolute Gasteiger partial charge is 0.344 e. The molecule has 0 amide bonds. The van der Waals surface area contributed by atoms with Gasteiger partial charge in [0, 0.05) is 60.5 Å². The second-order valence-electron chi connectivity index (χ2n) is 14.0. The Morgan fingerprint density at radius 3 is 1.07 bits per heavy atom. The third-order valence-electron chi connectivity index (χ3n) is 10.8. The fraction of sp³-hybridized carbons (Fsp3) is 0.160. The van der Waals surface area contributed by atoms with E-state index in [-0.39, 0.29) is 11.3 Å². The van der Waals surface area contributed by atoms with Crippen LogP contribution in [0.4, 0.5) is 11.4 Å². The van der Waals surface area contributed by atoms with Gasteiger partial charge in [-0.2, -0.15) is 0 Å². The molecular weight excluding hydrogens is 693 g/mol. The largest absolute Gasteiger partial charge is 0.422 e. The van der Waals surface area contributed by atoms with Gasteiger partial charge < -0.3 is 18.6 Å². The summed E-state index contributed by atoms with van der Waals surface area (Å²) < 4.78 is 11.7. The van der Waals surface area contributed by atoms with Crippen molar-refractivity contribution in [2.45, 2.75) is 27.7 Å². The molecule has 278 valence electrons. The number of hydrogen-bond acceptors (Lipinski definition) is 6. The van der Waals surface area contributed by atoms with Crippen LogP contribution in [0.5, 0.6) is 0 Å². The molecule has 0 radical (unpaired) electrons. The zero-order chi connectivity index (χ0) is 38.8. The number of hydrogen-bond donors (Lipinski definition) is 0. The maximum absolute atomic E-state index is 13.2. The van der Waals surface area contributed by atoms with E-state index in [0.717, 1.165) is 92.8 Å². The molecule has 0 fully saturated rings. The molecule has 0 saturated carbocycles. The van der Waals surface area contributed by atoms with Crippen molar-refractivity contribution in [3.63, 3.8) is 0 Å². The lowest BCUT2D eigenvalue weighted by Gasteiger charge is -2.21. The van der Waals surface area contributed by atoms with Crippen molar-refractivity contribution in [3.8, 4) is 55.6 Å². The molecule has 0 unspecified atom stereocenters. The Morgan fingerprint density at radius 2 is 0.714 bits per heavy atom. The highest BCUT2D eigenvalue weighted by Crippen LogP contribution is 2.32. The van der Waals surface area contributed by atoms with E-state index < -0.39 is 0 Å². The van der Waals surface area contributed by atoms with E-state index in [1.54, 1.807) is 0 Å². The summed E-state index contributed by atoms with van der Waals surface area (Å²) in [7, 11) is 0. The summed E-state index contributed by atoms with van der Waals surface area (Å²) in [6.45, 7) is 12.0. The number of benzene rings is 6. The first-order chi connectivity index (χ1) is 27.3. The van der Waals surface area contributed by atoms with Crippen LogP contribution >= 0.6 is 0 Å². The maximum Gasteiger partial charge on any atom is 0.344 e. The van der Waals surface area contributed by atoms with Crippen molar-refractivity contribution < 1.29 is 8.83 Å². The van der Waals surface area contributed by atoms with Gasteiger partial charge in [-0.05, 0) is 121 Å². The van der Waals surface area contributed by atoms with Gasteiger partial charge in [-0.15, -0.1) is 0 Å². The standard InChI is InChI=1S/C50H44N2O4/c1-5-51(6-2)43-25-23-41-29-45(49(53)55-47(41)31-43)39-13-9-11-37(27-39)35-19-15-33(16-20-35)34-17-21-36(22-18-34)38-12-10-14-40(28-38)46-30-42-24-26-44(52(7-3)8-4)32-48(42)56-50(46)54/h9-32H,5-8H2,1-4H3. The Labute approximate surface area is 326 Å². The normalized spacial score (nSPS) is 11.3. The minimum atomic E-state index is -0.347. The highest BCUT2D eigenvalue weighted by atomic mass is 16.4. The predicted molar refractivity (Wildman–Crippen MR) is 233 cm³/mol. The Morgan fingerprint density at radius 1 is 0.375 bits per heavy atom. The van der Waals surface area contributed by atoms with Crippen LogP contribution in [-0.2, 0) is 0 Å². The van der Waals surface area contributed by atoms with Crippen LogP contribution in [0, 0.1) is 0 Å². The Hall–Kier alpha value is -6.66. The summed E-state index contributed by atoms with van der Waals surface area (Å²) in [4.78, 5) is 30.9. The maximum atomic E-state index is 13.2. The zero-order valence-electron chi connectivity index (χ0n) is 32.2. The molecule has 0 N–H and O–H groups in total. The third-order valence-corrected chi connectivity index (χ3v) is 10.8. The Kier molecular flexibility index (Phi) is 10.1. The molecule has 0 saturated heterocycles. The van der Waals surface area contributed by atoms with E-state index in [1.165, 1.54) is 0 Å². The minimum absolute atomic E-state index is 0.347. The summed E-state index contributed by atoms with van der Waals surface area (Å²) in [5.41, 5.74) is 11.7. The van der Waals surface area contributed by atoms with Crippen LogP contribution in [0.3, 0.4) is 0 Å². The number of rotatable bonds is 11. The molecule has 6 nitrogen and oxygen atoms in total. The SMILES string of the molecule is CCN(CC)c1ccc2cc(-c3cccc(-c4ccc(-c5ccc(-c6cccc(-c7cc8ccc(N(CC)CC)cc8oc7=O)c6)cc5)cc4)c3)c(=O)oc2c1. The topological polar surface area (TPSA) is 66.9 Å². The van der Waals surface area contributed by atoms with Crippen LogP contribution in [-0.4, -0.2) is 26.2 Å². The summed E-state index contributed by atoms with van der Waals surface area (Å²) in [5, 5.41) is 1.79. The van der Waals surface area contributed by atoms with Crippen LogP contribution in [0.25, 0.3) is 77.6 Å². The van der Waals surface area contributed by atoms with E-state index in [2.05, 4.69) is 110 Å². The van der Waals surface area contributed by atoms with Crippen molar-refractivity contribution >= 4 is 33.3 Å². The van der Waals surface area contributed by atoms with Gasteiger partial charge in [-0.3, -0.25) is 0 Å². The molecule has 6 heteroatoms. The van der Waals surface area contributed by atoms with Gasteiger partial charge in [0.15, 0.2) is 0 Å². The number of fused-ring (bicyclic) bond motifs is 2. The summed E-state index contributed by atoms with van der Waals surface area (Å²) >= 11 is 0. The fourth-order valence-corrected chi connectivity index (χ4v) is 7.62. The number of nitrogens with zero attached hydrogens (tertiary/aromatic N) is 2. The molecular formula is C50H44N2O4. The van der Waals surface area contributed by atoms with Crippen molar-refractivity contribution in [1.29, 1.82) is 0 Å². The summed E-state index contributed by atoms with van der Waals surface area (Å²) in [6.07, 6.45) is 0. The lowest BCUT2D eigenvalue weighted by atomic mass is 9.95. The number of anilines is 2. The lowest BCUT2D eigenvalue weighted by Crippen LogP contribution is -2.21. The van der Waals surface area contributed by atoms with Crippen LogP contribution in [0.15, 0.2) is 164 Å². The van der Waals surface area contributed by atoms with Gasteiger partial charge >= 0.3 is 11.3 Å². The first-order valence-electron chi connectivity index (χ1n) is 19.4. The quantitative estimate of drug-likeness (QED) is 0.123. The first kappa shape index (κ1) is 36.3. The van der Waals surface area contributed by atoms with Gasteiger partial charge in [-0.1, -0.05) is 84.9 Å². The molecule has 0 bridgehead atoms. The molecule has 6 aromatic carbocycles. The van der Waals surface area contributed by atoms with Gasteiger partial charge in [-0.25, -0.2) is 9.59 Å². The van der Waals surface area contributed by atoms with E-state index >= 15 is 0 Å². The molecule has 8 aromatic rings. The Bertz CT molecular complexity index is 2600. The van der Waals surface area contributed by atoms with Gasteiger partial charge in [0.2, 0.25) is 0 Å². The first-order valence-corrected chi connectivity index (χ1v) is 19.4. The molecule has 0 atom stereocenters. The molecule has 2 aromatic heterocycles. The van der Waals surface area contributed by atoms with Crippen molar-refractivity contribution in [3.05, 3.63) is 166 Å². The highest BCUT2D eigenvalue weighted by molar-refractivity contribution is 5.87. The second kappa shape index (κ2) is 15.6. The predicted octanol–water partition coefficient (Wildman–Crippen LogP) is 11.9. The molecule has 0 aliphatic heterocycles. The molecule has 2 heterocycles. The molecule has 0 aliphatic rings. The van der Waals surface area contributed by atoms with Gasteiger partial charge in [0.1, 0.15) is 11.2 Å². The minimum Gasteiger partial charge on any atom is -0.422 e. The summed E-state index contributed by atoms with van der Waals surface area (Å²) in [6, 6.07) is 49.0. The molecule has 56 heavy (non-hydrogen) atoms. The molecule has 0 spiro atoms. The zero-order valence-corrected chi connectivity index (χ0v) is 32.2. The molecule has 8 rings (SSSR count). The van der Waals surface area contributed by atoms with Crippen LogP contribution in [0.1, 0.15) is 27.7 Å². The van der Waals surface area contributed by atoms with E-state index in [9.17, 15) is 9.59 Å². The van der Waals surface area contributed by atoms with Crippen molar-refractivity contribution in [1.82, 2.24) is 0 Å². The monoisotopic (exact) mass is 736 g/mol. The average Bonchev–Trinajstić information content (AvgIpc) is 3.24.